The lowest BCUT2D eigenvalue weighted by Crippen LogP contribution is -2.47. The highest BCUT2D eigenvalue weighted by atomic mass is 16.8. The lowest BCUT2D eigenvalue weighted by molar-refractivity contribution is -0.278. The first-order valence-corrected chi connectivity index (χ1v) is 7.42. The van der Waals surface area contributed by atoms with E-state index >= 15 is 0 Å². The van der Waals surface area contributed by atoms with Gasteiger partial charge in [-0.3, -0.25) is 20.1 Å². The Bertz CT molecular complexity index is 341. The first kappa shape index (κ1) is 23.1. The molecule has 0 aromatic heterocycles. The average Bonchev–Trinajstić information content (AvgIpc) is 2.25. The third-order valence-electron chi connectivity index (χ3n) is 2.63. The second-order valence-corrected chi connectivity index (χ2v) is 6.05. The number of hydrogen-bond acceptors (Lipinski definition) is 6. The third-order valence-corrected chi connectivity index (χ3v) is 2.63. The van der Waals surface area contributed by atoms with Gasteiger partial charge < -0.3 is 14.9 Å². The van der Waals surface area contributed by atoms with Crippen LogP contribution in [-0.2, 0) is 23.8 Å². The minimum atomic E-state index is -1.62. The molecule has 7 heteroatoms. The molecule has 0 aromatic carbocycles. The number of rotatable bonds is 9. The van der Waals surface area contributed by atoms with Gasteiger partial charge in [-0.05, 0) is 19.3 Å². The lowest BCUT2D eigenvalue weighted by atomic mass is 10.1. The van der Waals surface area contributed by atoms with Gasteiger partial charge in [-0.25, -0.2) is 0 Å². The van der Waals surface area contributed by atoms with Crippen LogP contribution in [-0.4, -0.2) is 29.6 Å². The SMILES string of the molecule is CC(C)CCCC(=O)OC(C)(N)O[C@@H](C)OC(=O)C(C)C.O. The van der Waals surface area contributed by atoms with Crippen LogP contribution < -0.4 is 5.73 Å². The van der Waals surface area contributed by atoms with Gasteiger partial charge in [0, 0.05) is 13.3 Å². The first-order chi connectivity index (χ1) is 9.53. The second-order valence-electron chi connectivity index (χ2n) is 6.05. The van der Waals surface area contributed by atoms with Crippen molar-refractivity contribution in [1.82, 2.24) is 0 Å². The van der Waals surface area contributed by atoms with Crippen molar-refractivity contribution in [1.29, 1.82) is 0 Å². The molecule has 0 aliphatic heterocycles. The highest BCUT2D eigenvalue weighted by Gasteiger charge is 2.28. The molecule has 4 N–H and O–H groups in total. The van der Waals surface area contributed by atoms with Crippen molar-refractivity contribution >= 4 is 11.9 Å². The molecule has 0 spiro atoms. The molecule has 0 bridgehead atoms. The fraction of sp³-hybridized carbons (Fsp3) is 0.867. The second kappa shape index (κ2) is 10.5. The Kier molecular flexibility index (Phi) is 11.1. The molecule has 0 radical (unpaired) electrons. The van der Waals surface area contributed by atoms with E-state index in [2.05, 4.69) is 13.8 Å². The van der Waals surface area contributed by atoms with Gasteiger partial charge in [-0.15, -0.1) is 0 Å². The van der Waals surface area contributed by atoms with Crippen LogP contribution in [0.3, 0.4) is 0 Å². The highest BCUT2D eigenvalue weighted by molar-refractivity contribution is 5.71. The molecule has 0 amide bonds. The zero-order valence-corrected chi connectivity index (χ0v) is 14.5. The van der Waals surface area contributed by atoms with E-state index in [0.717, 1.165) is 12.8 Å². The molecule has 0 aliphatic carbocycles. The number of carbonyl (C=O) groups is 2. The van der Waals surface area contributed by atoms with Crippen molar-refractivity contribution in [3.8, 4) is 0 Å². The quantitative estimate of drug-likeness (QED) is 0.510. The molecule has 0 saturated heterocycles. The molecule has 22 heavy (non-hydrogen) atoms. The normalized spacial score (nSPS) is 15.0. The number of carbonyl (C=O) groups excluding carboxylic acids is 2. The van der Waals surface area contributed by atoms with Gasteiger partial charge in [-0.2, -0.15) is 0 Å². The van der Waals surface area contributed by atoms with Crippen LogP contribution in [0.15, 0.2) is 0 Å². The van der Waals surface area contributed by atoms with Crippen LogP contribution in [0.2, 0.25) is 0 Å². The van der Waals surface area contributed by atoms with Crippen molar-refractivity contribution in [2.24, 2.45) is 17.6 Å². The Morgan fingerprint density at radius 1 is 1.14 bits per heavy atom. The molecule has 0 heterocycles. The summed E-state index contributed by atoms with van der Waals surface area (Å²) >= 11 is 0. The number of esters is 2. The van der Waals surface area contributed by atoms with E-state index in [1.807, 2.05) is 0 Å². The third kappa shape index (κ3) is 11.5. The maximum absolute atomic E-state index is 11.7. The van der Waals surface area contributed by atoms with Crippen LogP contribution in [0.25, 0.3) is 0 Å². The van der Waals surface area contributed by atoms with E-state index in [9.17, 15) is 9.59 Å². The fourth-order valence-electron chi connectivity index (χ4n) is 1.61. The fourth-order valence-corrected chi connectivity index (χ4v) is 1.61. The molecule has 0 rings (SSSR count). The van der Waals surface area contributed by atoms with Gasteiger partial charge in [0.05, 0.1) is 5.92 Å². The van der Waals surface area contributed by atoms with Gasteiger partial charge >= 0.3 is 11.9 Å². The zero-order valence-electron chi connectivity index (χ0n) is 14.5. The van der Waals surface area contributed by atoms with Gasteiger partial charge in [0.25, 0.3) is 5.91 Å². The summed E-state index contributed by atoms with van der Waals surface area (Å²) in [5, 5.41) is 0. The van der Waals surface area contributed by atoms with Crippen LogP contribution >= 0.6 is 0 Å². The molecule has 1 unspecified atom stereocenters. The van der Waals surface area contributed by atoms with Crippen molar-refractivity contribution in [3.05, 3.63) is 0 Å². The predicted octanol–water partition coefficient (Wildman–Crippen LogP) is 1.73. The van der Waals surface area contributed by atoms with E-state index in [0.29, 0.717) is 5.92 Å². The molecular formula is C15H31NO6. The van der Waals surface area contributed by atoms with Crippen molar-refractivity contribution < 1.29 is 29.3 Å². The summed E-state index contributed by atoms with van der Waals surface area (Å²) in [7, 11) is 0. The van der Waals surface area contributed by atoms with Gasteiger partial charge in [-0.1, -0.05) is 34.1 Å². The first-order valence-electron chi connectivity index (χ1n) is 7.42. The summed E-state index contributed by atoms with van der Waals surface area (Å²) in [5.41, 5.74) is 5.75. The molecule has 0 fully saturated rings. The summed E-state index contributed by atoms with van der Waals surface area (Å²) in [4.78, 5) is 23.1. The number of nitrogens with two attached hydrogens (primary N) is 1. The largest absolute Gasteiger partial charge is 0.436 e. The average molecular weight is 321 g/mol. The van der Waals surface area contributed by atoms with E-state index in [1.165, 1.54) is 13.8 Å². The number of hydrogen-bond donors (Lipinski definition) is 1. The van der Waals surface area contributed by atoms with E-state index in [1.54, 1.807) is 13.8 Å². The molecule has 0 saturated carbocycles. The van der Waals surface area contributed by atoms with Crippen LogP contribution in [0, 0.1) is 11.8 Å². The Morgan fingerprint density at radius 3 is 2.14 bits per heavy atom. The highest BCUT2D eigenvalue weighted by Crippen LogP contribution is 2.14. The monoisotopic (exact) mass is 321 g/mol. The maximum atomic E-state index is 11.7. The Hall–Kier alpha value is -1.18. The Balaban J connectivity index is 0. The number of ether oxygens (including phenoxy) is 3. The van der Waals surface area contributed by atoms with Crippen LogP contribution in [0.4, 0.5) is 0 Å². The van der Waals surface area contributed by atoms with Gasteiger partial charge in [0.1, 0.15) is 0 Å². The van der Waals surface area contributed by atoms with Crippen molar-refractivity contribution in [3.63, 3.8) is 0 Å². The zero-order chi connectivity index (χ0) is 16.6. The Labute approximate surface area is 132 Å². The minimum Gasteiger partial charge on any atom is -0.436 e. The van der Waals surface area contributed by atoms with E-state index in [-0.39, 0.29) is 17.8 Å². The molecule has 0 aromatic rings. The minimum absolute atomic E-state index is 0. The molecule has 7 nitrogen and oxygen atoms in total. The smallest absolute Gasteiger partial charge is 0.310 e. The van der Waals surface area contributed by atoms with Crippen molar-refractivity contribution in [2.45, 2.75) is 73.0 Å². The molecule has 132 valence electrons. The van der Waals surface area contributed by atoms with Crippen LogP contribution in [0.1, 0.15) is 60.8 Å². The topological polar surface area (TPSA) is 119 Å². The summed E-state index contributed by atoms with van der Waals surface area (Å²) < 4.78 is 15.3. The van der Waals surface area contributed by atoms with E-state index < -0.39 is 24.1 Å². The summed E-state index contributed by atoms with van der Waals surface area (Å²) in [6, 6.07) is 0. The van der Waals surface area contributed by atoms with Crippen molar-refractivity contribution in [2.75, 3.05) is 0 Å². The maximum Gasteiger partial charge on any atom is 0.310 e. The van der Waals surface area contributed by atoms with E-state index in [4.69, 9.17) is 19.9 Å². The predicted molar refractivity (Wildman–Crippen MR) is 82.5 cm³/mol. The van der Waals surface area contributed by atoms with Gasteiger partial charge in [0.15, 0.2) is 0 Å². The van der Waals surface area contributed by atoms with Crippen LogP contribution in [0.5, 0.6) is 0 Å². The molecule has 0 aliphatic rings. The lowest BCUT2D eigenvalue weighted by Gasteiger charge is -2.28. The summed E-state index contributed by atoms with van der Waals surface area (Å²) in [6.45, 7) is 10.5. The van der Waals surface area contributed by atoms with Gasteiger partial charge in [0.2, 0.25) is 6.29 Å². The molecule has 2 atom stereocenters. The summed E-state index contributed by atoms with van der Waals surface area (Å²) in [6.07, 6.45) is 1.08. The molecular weight excluding hydrogens is 290 g/mol. The standard InChI is InChI=1S/C15H29NO5.H2O/c1-10(2)8-7-9-13(17)21-15(6,16)20-12(5)19-14(18)11(3)4;/h10-12H,7-9,16H2,1-6H3;1H2/t12-,15?;/m0./s1. The summed E-state index contributed by atoms with van der Waals surface area (Å²) in [5.74, 6) is -2.18. The Morgan fingerprint density at radius 2 is 1.68 bits per heavy atom.